The first-order valence-corrected chi connectivity index (χ1v) is 10.4. The Bertz CT molecular complexity index is 683. The second-order valence-corrected chi connectivity index (χ2v) is 8.91. The summed E-state index contributed by atoms with van der Waals surface area (Å²) in [6.07, 6.45) is 6.37. The van der Waals surface area contributed by atoms with Crippen LogP contribution in [-0.4, -0.2) is 48.7 Å². The van der Waals surface area contributed by atoms with Crippen molar-refractivity contribution in [2.24, 2.45) is 5.41 Å². The summed E-state index contributed by atoms with van der Waals surface area (Å²) < 4.78 is 0. The molecular formula is C23H34N2O2. The zero-order chi connectivity index (χ0) is 19.4. The number of rotatable bonds is 6. The zero-order valence-corrected chi connectivity index (χ0v) is 17.1. The molecule has 1 aliphatic heterocycles. The van der Waals surface area contributed by atoms with Crippen molar-refractivity contribution in [3.05, 3.63) is 41.0 Å². The molecule has 0 bridgehead atoms. The minimum Gasteiger partial charge on any atom is -0.478 e. The first-order chi connectivity index (χ1) is 12.9. The lowest BCUT2D eigenvalue weighted by atomic mass is 9.73. The molecule has 0 unspecified atom stereocenters. The van der Waals surface area contributed by atoms with Crippen molar-refractivity contribution >= 4 is 11.7 Å². The van der Waals surface area contributed by atoms with Crippen LogP contribution in [0.2, 0.25) is 0 Å². The van der Waals surface area contributed by atoms with Crippen molar-refractivity contribution in [2.75, 3.05) is 37.6 Å². The van der Waals surface area contributed by atoms with Gasteiger partial charge in [0.15, 0.2) is 0 Å². The fourth-order valence-electron chi connectivity index (χ4n) is 4.48. The van der Waals surface area contributed by atoms with Gasteiger partial charge >= 0.3 is 5.97 Å². The van der Waals surface area contributed by atoms with Gasteiger partial charge in [-0.25, -0.2) is 4.79 Å². The number of nitrogens with zero attached hydrogens (tertiary/aromatic N) is 2. The third-order valence-electron chi connectivity index (χ3n) is 6.11. The molecule has 27 heavy (non-hydrogen) atoms. The number of carboxylic acid groups (broad SMARTS) is 1. The molecule has 1 aliphatic carbocycles. The van der Waals surface area contributed by atoms with Crippen LogP contribution in [0.4, 0.5) is 5.69 Å². The van der Waals surface area contributed by atoms with Gasteiger partial charge in [-0.3, -0.25) is 4.90 Å². The van der Waals surface area contributed by atoms with Crippen molar-refractivity contribution in [1.29, 1.82) is 0 Å². The van der Waals surface area contributed by atoms with Gasteiger partial charge in [0.2, 0.25) is 0 Å². The molecule has 0 saturated carbocycles. The Labute approximate surface area is 163 Å². The molecule has 4 heteroatoms. The fraction of sp³-hybridized carbons (Fsp3) is 0.609. The van der Waals surface area contributed by atoms with Crippen LogP contribution in [0.5, 0.6) is 0 Å². The number of anilines is 1. The molecule has 1 saturated heterocycles. The Balaban J connectivity index is 1.59. The molecule has 148 valence electrons. The van der Waals surface area contributed by atoms with Crippen molar-refractivity contribution in [3.8, 4) is 0 Å². The van der Waals surface area contributed by atoms with Crippen LogP contribution in [0.15, 0.2) is 35.4 Å². The number of hydrogen-bond acceptors (Lipinski definition) is 3. The van der Waals surface area contributed by atoms with Gasteiger partial charge in [-0.05, 0) is 55.4 Å². The summed E-state index contributed by atoms with van der Waals surface area (Å²) >= 11 is 0. The first kappa shape index (κ1) is 19.9. The van der Waals surface area contributed by atoms with Gasteiger partial charge < -0.3 is 10.0 Å². The second kappa shape index (κ2) is 8.47. The number of allylic oxidation sites excluding steroid dienone is 1. The Hall–Kier alpha value is -1.81. The molecule has 0 atom stereocenters. The van der Waals surface area contributed by atoms with Gasteiger partial charge in [-0.1, -0.05) is 38.3 Å². The van der Waals surface area contributed by atoms with Crippen molar-refractivity contribution in [3.63, 3.8) is 0 Å². The quantitative estimate of drug-likeness (QED) is 0.730. The van der Waals surface area contributed by atoms with Crippen LogP contribution in [0.3, 0.4) is 0 Å². The van der Waals surface area contributed by atoms with E-state index in [1.54, 1.807) is 23.3 Å². The van der Waals surface area contributed by atoms with Gasteiger partial charge in [-0.15, -0.1) is 0 Å². The Morgan fingerprint density at radius 3 is 2.33 bits per heavy atom. The highest BCUT2D eigenvalue weighted by Crippen LogP contribution is 2.40. The van der Waals surface area contributed by atoms with Gasteiger partial charge in [0.05, 0.1) is 5.56 Å². The lowest BCUT2D eigenvalue weighted by molar-refractivity contribution is 0.0697. The van der Waals surface area contributed by atoms with E-state index in [0.717, 1.165) is 38.4 Å². The van der Waals surface area contributed by atoms with Crippen LogP contribution in [-0.2, 0) is 0 Å². The molecule has 1 N–H and O–H groups in total. The molecule has 4 nitrogen and oxygen atoms in total. The first-order valence-electron chi connectivity index (χ1n) is 10.4. The highest BCUT2D eigenvalue weighted by molar-refractivity contribution is 5.88. The molecule has 1 aromatic rings. The summed E-state index contributed by atoms with van der Waals surface area (Å²) in [7, 11) is 0. The van der Waals surface area contributed by atoms with E-state index in [2.05, 4.69) is 30.6 Å². The smallest absolute Gasteiger partial charge is 0.335 e. The normalized spacial score (nSPS) is 20.8. The van der Waals surface area contributed by atoms with Crippen LogP contribution >= 0.6 is 0 Å². The van der Waals surface area contributed by atoms with E-state index in [0.29, 0.717) is 11.0 Å². The number of carbonyl (C=O) groups is 1. The predicted molar refractivity (Wildman–Crippen MR) is 112 cm³/mol. The molecule has 0 amide bonds. The van der Waals surface area contributed by atoms with Gasteiger partial charge in [0.25, 0.3) is 0 Å². The maximum atomic E-state index is 11.0. The molecule has 1 aromatic carbocycles. The minimum absolute atomic E-state index is 0.354. The molecule has 0 radical (unpaired) electrons. The largest absolute Gasteiger partial charge is 0.478 e. The average Bonchev–Trinajstić information content (AvgIpc) is 2.64. The van der Waals surface area contributed by atoms with Gasteiger partial charge in [0, 0.05) is 38.4 Å². The van der Waals surface area contributed by atoms with Crippen LogP contribution in [0.25, 0.3) is 0 Å². The van der Waals surface area contributed by atoms with E-state index >= 15 is 0 Å². The molecule has 1 fully saturated rings. The predicted octanol–water partition coefficient (Wildman–Crippen LogP) is 4.81. The summed E-state index contributed by atoms with van der Waals surface area (Å²) in [5.74, 6) is -0.863. The number of hydrogen-bond donors (Lipinski definition) is 1. The van der Waals surface area contributed by atoms with Crippen LogP contribution in [0, 0.1) is 5.41 Å². The third-order valence-corrected chi connectivity index (χ3v) is 6.11. The Morgan fingerprint density at radius 2 is 1.74 bits per heavy atom. The molecule has 2 aliphatic rings. The topological polar surface area (TPSA) is 43.8 Å². The van der Waals surface area contributed by atoms with Crippen molar-refractivity contribution in [2.45, 2.75) is 52.9 Å². The van der Waals surface area contributed by atoms with E-state index < -0.39 is 5.97 Å². The molecule has 1 heterocycles. The third kappa shape index (κ3) is 5.13. The molecular weight excluding hydrogens is 336 g/mol. The zero-order valence-electron chi connectivity index (χ0n) is 17.1. The van der Waals surface area contributed by atoms with Crippen LogP contribution in [0.1, 0.15) is 63.2 Å². The van der Waals surface area contributed by atoms with E-state index in [-0.39, 0.29) is 0 Å². The summed E-state index contributed by atoms with van der Waals surface area (Å²) in [6, 6.07) is 7.28. The second-order valence-electron chi connectivity index (χ2n) is 8.91. The van der Waals surface area contributed by atoms with E-state index in [1.165, 1.54) is 32.1 Å². The summed E-state index contributed by atoms with van der Waals surface area (Å²) in [6.45, 7) is 12.4. The summed E-state index contributed by atoms with van der Waals surface area (Å²) in [5.41, 5.74) is 5.35. The number of piperazine rings is 1. The highest BCUT2D eigenvalue weighted by atomic mass is 16.4. The van der Waals surface area contributed by atoms with E-state index in [9.17, 15) is 4.79 Å². The summed E-state index contributed by atoms with van der Waals surface area (Å²) in [5, 5.41) is 9.05. The highest BCUT2D eigenvalue weighted by Gasteiger charge is 2.28. The minimum atomic E-state index is -0.863. The summed E-state index contributed by atoms with van der Waals surface area (Å²) in [4.78, 5) is 16.0. The van der Waals surface area contributed by atoms with Crippen molar-refractivity contribution < 1.29 is 9.90 Å². The molecule has 0 aromatic heterocycles. The van der Waals surface area contributed by atoms with Gasteiger partial charge in [0.1, 0.15) is 0 Å². The van der Waals surface area contributed by atoms with E-state index in [4.69, 9.17) is 5.11 Å². The van der Waals surface area contributed by atoms with E-state index in [1.807, 2.05) is 12.1 Å². The lowest BCUT2D eigenvalue weighted by Crippen LogP contribution is -2.47. The molecule has 3 rings (SSSR count). The number of carboxylic acids is 1. The average molecular weight is 371 g/mol. The Kier molecular flexibility index (Phi) is 6.25. The molecule has 0 spiro atoms. The maximum Gasteiger partial charge on any atom is 0.335 e. The number of aromatic carboxylic acids is 1. The SMILES string of the molecule is CCCC1=C(CN2CCN(c3ccc(C(=O)O)cc3)CC2)CC(C)(C)CC1. The Morgan fingerprint density at radius 1 is 1.07 bits per heavy atom. The maximum absolute atomic E-state index is 11.0. The monoisotopic (exact) mass is 370 g/mol. The fourth-order valence-corrected chi connectivity index (χ4v) is 4.48. The van der Waals surface area contributed by atoms with Gasteiger partial charge in [-0.2, -0.15) is 0 Å². The standard InChI is InChI=1S/C23H34N2O2/c1-4-5-18-10-11-23(2,3)16-20(18)17-24-12-14-25(15-13-24)21-8-6-19(7-9-21)22(26)27/h6-9H,4-5,10-17H2,1-3H3,(H,26,27). The number of benzene rings is 1. The van der Waals surface area contributed by atoms with Crippen LogP contribution < -0.4 is 4.90 Å². The van der Waals surface area contributed by atoms with Crippen molar-refractivity contribution in [1.82, 2.24) is 4.90 Å². The lowest BCUT2D eigenvalue weighted by Gasteiger charge is -2.39.